The number of halogens is 1. The maximum atomic E-state index is 13.1. The molecule has 0 aromatic carbocycles. The first-order valence-corrected chi connectivity index (χ1v) is 4.07. The molecule has 0 aromatic heterocycles. The minimum absolute atomic E-state index is 0.0566. The minimum Gasteiger partial charge on any atom is -0.481 e. The van der Waals surface area contributed by atoms with Crippen LogP contribution in [-0.2, 0) is 4.79 Å². The summed E-state index contributed by atoms with van der Waals surface area (Å²) in [4.78, 5) is 10.6. The average Bonchev–Trinajstić information content (AvgIpc) is 2.46. The van der Waals surface area contributed by atoms with E-state index in [-0.39, 0.29) is 17.8 Å². The molecule has 2 nitrogen and oxygen atoms in total. The smallest absolute Gasteiger partial charge is 0.306 e. The van der Waals surface area contributed by atoms with Crippen LogP contribution in [0.2, 0.25) is 0 Å². The Labute approximate surface area is 64.4 Å². The van der Waals surface area contributed by atoms with Gasteiger partial charge in [0.15, 0.2) is 0 Å². The molecule has 0 saturated heterocycles. The van der Waals surface area contributed by atoms with Crippen molar-refractivity contribution in [2.75, 3.05) is 0 Å². The summed E-state index contributed by atoms with van der Waals surface area (Å²) in [6.45, 7) is 0. The lowest BCUT2D eigenvalue weighted by Gasteiger charge is -2.15. The van der Waals surface area contributed by atoms with E-state index in [1.165, 1.54) is 0 Å². The molecule has 62 valence electrons. The maximum Gasteiger partial charge on any atom is 0.306 e. The Balaban J connectivity index is 2.14. The van der Waals surface area contributed by atoms with Crippen LogP contribution in [0.4, 0.5) is 4.39 Å². The molecule has 1 N–H and O–H groups in total. The van der Waals surface area contributed by atoms with Gasteiger partial charge in [-0.25, -0.2) is 4.39 Å². The number of carboxylic acids is 1. The molecule has 0 unspecified atom stereocenters. The van der Waals surface area contributed by atoms with Gasteiger partial charge < -0.3 is 5.11 Å². The third-order valence-electron chi connectivity index (χ3n) is 3.12. The van der Waals surface area contributed by atoms with Crippen molar-refractivity contribution in [2.24, 2.45) is 17.8 Å². The number of fused-ring (bicyclic) bond motifs is 2. The van der Waals surface area contributed by atoms with Crippen LogP contribution in [0, 0.1) is 17.8 Å². The van der Waals surface area contributed by atoms with Crippen molar-refractivity contribution in [3.63, 3.8) is 0 Å². The zero-order chi connectivity index (χ0) is 8.01. The molecule has 2 fully saturated rings. The fourth-order valence-corrected chi connectivity index (χ4v) is 2.53. The maximum absolute atomic E-state index is 13.1. The first-order chi connectivity index (χ1) is 5.20. The van der Waals surface area contributed by atoms with Crippen LogP contribution in [0.15, 0.2) is 0 Å². The van der Waals surface area contributed by atoms with Gasteiger partial charge in [0.25, 0.3) is 0 Å². The standard InChI is InChI=1S/C8H11FO2/c9-7-4-1-2-5(7)6(3-4)8(10)11/h4-7H,1-3H2,(H,10,11)/t4-,5+,6+,7+/m1/s1. The highest BCUT2D eigenvalue weighted by Crippen LogP contribution is 2.50. The van der Waals surface area contributed by atoms with Gasteiger partial charge in [0.1, 0.15) is 6.17 Å². The van der Waals surface area contributed by atoms with Gasteiger partial charge in [-0.2, -0.15) is 0 Å². The third kappa shape index (κ3) is 0.865. The van der Waals surface area contributed by atoms with E-state index in [1.807, 2.05) is 0 Å². The number of alkyl halides is 1. The lowest BCUT2D eigenvalue weighted by molar-refractivity contribution is -0.143. The van der Waals surface area contributed by atoms with Crippen molar-refractivity contribution in [1.29, 1.82) is 0 Å². The molecule has 0 aliphatic heterocycles. The van der Waals surface area contributed by atoms with Crippen LogP contribution in [-0.4, -0.2) is 17.2 Å². The topological polar surface area (TPSA) is 37.3 Å². The average molecular weight is 158 g/mol. The van der Waals surface area contributed by atoms with E-state index in [0.717, 1.165) is 12.8 Å². The summed E-state index contributed by atoms with van der Waals surface area (Å²) in [5, 5.41) is 8.69. The Morgan fingerprint density at radius 2 is 2.18 bits per heavy atom. The van der Waals surface area contributed by atoms with Crippen molar-refractivity contribution < 1.29 is 14.3 Å². The molecular formula is C8H11FO2. The molecule has 0 spiro atoms. The molecule has 2 bridgehead atoms. The largest absolute Gasteiger partial charge is 0.481 e. The quantitative estimate of drug-likeness (QED) is 0.627. The second kappa shape index (κ2) is 2.19. The van der Waals surface area contributed by atoms with Gasteiger partial charge in [-0.15, -0.1) is 0 Å². The molecule has 0 heterocycles. The molecular weight excluding hydrogens is 147 g/mol. The van der Waals surface area contributed by atoms with E-state index in [0.29, 0.717) is 6.42 Å². The lowest BCUT2D eigenvalue weighted by atomic mass is 9.89. The van der Waals surface area contributed by atoms with Crippen LogP contribution < -0.4 is 0 Å². The van der Waals surface area contributed by atoms with Gasteiger partial charge in [0.2, 0.25) is 0 Å². The van der Waals surface area contributed by atoms with E-state index in [4.69, 9.17) is 5.11 Å². The predicted molar refractivity (Wildman–Crippen MR) is 36.9 cm³/mol. The van der Waals surface area contributed by atoms with E-state index < -0.39 is 12.1 Å². The second-order valence-electron chi connectivity index (χ2n) is 3.63. The monoisotopic (exact) mass is 158 g/mol. The summed E-state index contributed by atoms with van der Waals surface area (Å²) in [7, 11) is 0. The molecule has 2 aliphatic rings. The fraction of sp³-hybridized carbons (Fsp3) is 0.875. The first-order valence-electron chi connectivity index (χ1n) is 4.07. The zero-order valence-electron chi connectivity index (χ0n) is 6.16. The first kappa shape index (κ1) is 7.07. The summed E-state index contributed by atoms with van der Waals surface area (Å²) in [6.07, 6.45) is 1.43. The highest BCUT2D eigenvalue weighted by molar-refractivity contribution is 5.71. The number of aliphatic carboxylic acids is 1. The van der Waals surface area contributed by atoms with Gasteiger partial charge in [0, 0.05) is 5.92 Å². The highest BCUT2D eigenvalue weighted by atomic mass is 19.1. The number of carbonyl (C=O) groups is 1. The van der Waals surface area contributed by atoms with Gasteiger partial charge in [0.05, 0.1) is 5.92 Å². The molecule has 0 radical (unpaired) electrons. The Hall–Kier alpha value is -0.600. The number of carboxylic acid groups (broad SMARTS) is 1. The molecule has 0 amide bonds. The summed E-state index contributed by atoms with van der Waals surface area (Å²) >= 11 is 0. The van der Waals surface area contributed by atoms with Crippen molar-refractivity contribution in [3.05, 3.63) is 0 Å². The van der Waals surface area contributed by atoms with E-state index in [9.17, 15) is 9.18 Å². The molecule has 2 saturated carbocycles. The zero-order valence-corrected chi connectivity index (χ0v) is 6.16. The van der Waals surface area contributed by atoms with Crippen LogP contribution in [0.3, 0.4) is 0 Å². The van der Waals surface area contributed by atoms with Crippen molar-refractivity contribution >= 4 is 5.97 Å². The van der Waals surface area contributed by atoms with Crippen molar-refractivity contribution in [2.45, 2.75) is 25.4 Å². The Bertz CT molecular complexity index is 193. The molecule has 2 aliphatic carbocycles. The Kier molecular flexibility index (Phi) is 1.41. The molecule has 4 atom stereocenters. The summed E-state index contributed by atoms with van der Waals surface area (Å²) in [6, 6.07) is 0. The predicted octanol–water partition coefficient (Wildman–Crippen LogP) is 1.46. The summed E-state index contributed by atoms with van der Waals surface area (Å²) in [5.41, 5.74) is 0. The minimum atomic E-state index is -0.823. The fourth-order valence-electron chi connectivity index (χ4n) is 2.53. The van der Waals surface area contributed by atoms with Gasteiger partial charge in [-0.3, -0.25) is 4.79 Å². The molecule has 0 aromatic rings. The van der Waals surface area contributed by atoms with E-state index in [1.54, 1.807) is 0 Å². The summed E-state index contributed by atoms with van der Waals surface area (Å²) in [5.74, 6) is -1.30. The molecule has 11 heavy (non-hydrogen) atoms. The highest BCUT2D eigenvalue weighted by Gasteiger charge is 2.51. The van der Waals surface area contributed by atoms with Crippen LogP contribution in [0.25, 0.3) is 0 Å². The third-order valence-corrected chi connectivity index (χ3v) is 3.12. The van der Waals surface area contributed by atoms with Crippen LogP contribution in [0.5, 0.6) is 0 Å². The van der Waals surface area contributed by atoms with Crippen molar-refractivity contribution in [3.8, 4) is 0 Å². The molecule has 3 heteroatoms. The summed E-state index contributed by atoms with van der Waals surface area (Å²) < 4.78 is 13.1. The Morgan fingerprint density at radius 1 is 1.45 bits per heavy atom. The van der Waals surface area contributed by atoms with Gasteiger partial charge in [-0.1, -0.05) is 0 Å². The number of rotatable bonds is 1. The second-order valence-corrected chi connectivity index (χ2v) is 3.63. The number of hydrogen-bond acceptors (Lipinski definition) is 1. The van der Waals surface area contributed by atoms with Crippen molar-refractivity contribution in [1.82, 2.24) is 0 Å². The number of hydrogen-bond donors (Lipinski definition) is 1. The van der Waals surface area contributed by atoms with Crippen LogP contribution in [0.1, 0.15) is 19.3 Å². The molecule has 2 rings (SSSR count). The van der Waals surface area contributed by atoms with E-state index >= 15 is 0 Å². The Morgan fingerprint density at radius 3 is 2.45 bits per heavy atom. The van der Waals surface area contributed by atoms with Gasteiger partial charge >= 0.3 is 5.97 Å². The lowest BCUT2D eigenvalue weighted by Crippen LogP contribution is -2.21. The SMILES string of the molecule is O=C(O)[C@H]1C[C@H]2CC[C@@H]1[C@H]2F. The van der Waals surface area contributed by atoms with Crippen LogP contribution >= 0.6 is 0 Å². The van der Waals surface area contributed by atoms with E-state index in [2.05, 4.69) is 0 Å². The van der Waals surface area contributed by atoms with Gasteiger partial charge in [-0.05, 0) is 25.2 Å². The normalized spacial score (nSPS) is 48.1.